The van der Waals surface area contributed by atoms with Crippen molar-refractivity contribution in [1.29, 1.82) is 0 Å². The zero-order valence-electron chi connectivity index (χ0n) is 9.24. The molecule has 88 valence electrons. The Kier molecular flexibility index (Phi) is 3.75. The molecular formula is C12H13N3O2. The molecule has 2 aromatic rings. The SMILES string of the molecule is Nc1nccnc1OCCOc1ccccc1. The Morgan fingerprint density at radius 2 is 1.65 bits per heavy atom. The smallest absolute Gasteiger partial charge is 0.257 e. The molecule has 1 heterocycles. The molecule has 5 nitrogen and oxygen atoms in total. The van der Waals surface area contributed by atoms with Crippen molar-refractivity contribution in [2.24, 2.45) is 0 Å². The highest BCUT2D eigenvalue weighted by atomic mass is 16.5. The van der Waals surface area contributed by atoms with E-state index in [-0.39, 0.29) is 5.82 Å². The number of anilines is 1. The molecule has 2 rings (SSSR count). The summed E-state index contributed by atoms with van der Waals surface area (Å²) in [7, 11) is 0. The first-order chi connectivity index (χ1) is 8.36. The second-order valence-electron chi connectivity index (χ2n) is 3.26. The fourth-order valence-electron chi connectivity index (χ4n) is 1.26. The monoisotopic (exact) mass is 231 g/mol. The van der Waals surface area contributed by atoms with Gasteiger partial charge in [0, 0.05) is 12.4 Å². The Morgan fingerprint density at radius 1 is 0.941 bits per heavy atom. The van der Waals surface area contributed by atoms with Gasteiger partial charge in [0.1, 0.15) is 19.0 Å². The van der Waals surface area contributed by atoms with Crippen LogP contribution in [0.5, 0.6) is 11.6 Å². The molecule has 1 aromatic heterocycles. The Morgan fingerprint density at radius 3 is 2.41 bits per heavy atom. The van der Waals surface area contributed by atoms with E-state index in [0.717, 1.165) is 5.75 Å². The lowest BCUT2D eigenvalue weighted by Crippen LogP contribution is -2.11. The Hall–Kier alpha value is -2.30. The van der Waals surface area contributed by atoms with E-state index in [4.69, 9.17) is 15.2 Å². The van der Waals surface area contributed by atoms with Crippen LogP contribution in [0.3, 0.4) is 0 Å². The average molecular weight is 231 g/mol. The van der Waals surface area contributed by atoms with E-state index in [0.29, 0.717) is 19.1 Å². The summed E-state index contributed by atoms with van der Waals surface area (Å²) in [4.78, 5) is 7.82. The van der Waals surface area contributed by atoms with E-state index >= 15 is 0 Å². The third-order valence-corrected chi connectivity index (χ3v) is 2.03. The fourth-order valence-corrected chi connectivity index (χ4v) is 1.26. The lowest BCUT2D eigenvalue weighted by molar-refractivity contribution is 0.212. The zero-order chi connectivity index (χ0) is 11.9. The molecule has 0 radical (unpaired) electrons. The first-order valence-corrected chi connectivity index (χ1v) is 5.23. The molecule has 0 aliphatic heterocycles. The Balaban J connectivity index is 1.76. The van der Waals surface area contributed by atoms with Crippen molar-refractivity contribution in [3.63, 3.8) is 0 Å². The Bertz CT molecular complexity index is 462. The summed E-state index contributed by atoms with van der Waals surface area (Å²) in [6.45, 7) is 0.803. The van der Waals surface area contributed by atoms with Crippen LogP contribution in [0, 0.1) is 0 Å². The van der Waals surface area contributed by atoms with Crippen molar-refractivity contribution < 1.29 is 9.47 Å². The first-order valence-electron chi connectivity index (χ1n) is 5.23. The molecule has 0 saturated carbocycles. The maximum absolute atomic E-state index is 5.57. The molecule has 17 heavy (non-hydrogen) atoms. The first kappa shape index (κ1) is 11.2. The van der Waals surface area contributed by atoms with Crippen molar-refractivity contribution >= 4 is 5.82 Å². The molecule has 5 heteroatoms. The van der Waals surface area contributed by atoms with Crippen molar-refractivity contribution in [3.8, 4) is 11.6 Å². The van der Waals surface area contributed by atoms with Gasteiger partial charge in [0.15, 0.2) is 5.82 Å². The van der Waals surface area contributed by atoms with Gasteiger partial charge in [0.05, 0.1) is 0 Å². The van der Waals surface area contributed by atoms with Crippen LogP contribution in [0.4, 0.5) is 5.82 Å². The van der Waals surface area contributed by atoms with Crippen molar-refractivity contribution in [3.05, 3.63) is 42.7 Å². The molecule has 0 saturated heterocycles. The second-order valence-corrected chi connectivity index (χ2v) is 3.26. The number of nitrogens with zero attached hydrogens (tertiary/aromatic N) is 2. The summed E-state index contributed by atoms with van der Waals surface area (Å²) in [5.41, 5.74) is 5.57. The van der Waals surface area contributed by atoms with E-state index in [9.17, 15) is 0 Å². The number of benzene rings is 1. The lowest BCUT2D eigenvalue weighted by Gasteiger charge is -2.08. The maximum Gasteiger partial charge on any atom is 0.257 e. The van der Waals surface area contributed by atoms with Gasteiger partial charge in [-0.05, 0) is 12.1 Å². The second kappa shape index (κ2) is 5.69. The van der Waals surface area contributed by atoms with Crippen molar-refractivity contribution in [2.45, 2.75) is 0 Å². The van der Waals surface area contributed by atoms with Gasteiger partial charge in [-0.2, -0.15) is 0 Å². The number of nitrogen functional groups attached to an aromatic ring is 1. The number of hydrogen-bond acceptors (Lipinski definition) is 5. The van der Waals surface area contributed by atoms with Gasteiger partial charge < -0.3 is 15.2 Å². The largest absolute Gasteiger partial charge is 0.490 e. The van der Waals surface area contributed by atoms with Crippen LogP contribution >= 0.6 is 0 Å². The minimum Gasteiger partial charge on any atom is -0.490 e. The number of aromatic nitrogens is 2. The van der Waals surface area contributed by atoms with Crippen LogP contribution in [0.15, 0.2) is 42.7 Å². The summed E-state index contributed by atoms with van der Waals surface area (Å²) < 4.78 is 10.8. The van der Waals surface area contributed by atoms with E-state index in [2.05, 4.69) is 9.97 Å². The predicted octanol–water partition coefficient (Wildman–Crippen LogP) is 1.52. The molecule has 2 N–H and O–H groups in total. The quantitative estimate of drug-likeness (QED) is 0.790. The van der Waals surface area contributed by atoms with Gasteiger partial charge in [-0.25, -0.2) is 9.97 Å². The lowest BCUT2D eigenvalue weighted by atomic mass is 10.3. The number of rotatable bonds is 5. The molecule has 0 bridgehead atoms. The highest BCUT2D eigenvalue weighted by molar-refractivity contribution is 5.38. The molecular weight excluding hydrogens is 218 g/mol. The topological polar surface area (TPSA) is 70.3 Å². The summed E-state index contributed by atoms with van der Waals surface area (Å²) in [6.07, 6.45) is 3.05. The fraction of sp³-hybridized carbons (Fsp3) is 0.167. The van der Waals surface area contributed by atoms with Crippen LogP contribution in [0.25, 0.3) is 0 Å². The number of para-hydroxylation sites is 1. The molecule has 0 atom stereocenters. The van der Waals surface area contributed by atoms with Gasteiger partial charge >= 0.3 is 0 Å². The standard InChI is InChI=1S/C12H13N3O2/c13-11-12(15-7-6-14-11)17-9-8-16-10-4-2-1-3-5-10/h1-7H,8-9H2,(H2,13,14). The highest BCUT2D eigenvalue weighted by Gasteiger charge is 2.01. The predicted molar refractivity (Wildman–Crippen MR) is 63.9 cm³/mol. The minimum absolute atomic E-state index is 0.284. The zero-order valence-corrected chi connectivity index (χ0v) is 9.24. The van der Waals surface area contributed by atoms with Gasteiger partial charge in [-0.1, -0.05) is 18.2 Å². The molecule has 1 aromatic carbocycles. The molecule has 0 unspecified atom stereocenters. The minimum atomic E-state index is 0.284. The summed E-state index contributed by atoms with van der Waals surface area (Å²) in [5, 5.41) is 0. The number of ether oxygens (including phenoxy) is 2. The van der Waals surface area contributed by atoms with Crippen LogP contribution < -0.4 is 15.2 Å². The summed E-state index contributed by atoms with van der Waals surface area (Å²) >= 11 is 0. The van der Waals surface area contributed by atoms with Crippen LogP contribution in [0.2, 0.25) is 0 Å². The van der Waals surface area contributed by atoms with Crippen LogP contribution in [-0.4, -0.2) is 23.2 Å². The number of hydrogen-bond donors (Lipinski definition) is 1. The van der Waals surface area contributed by atoms with Gasteiger partial charge in [-0.3, -0.25) is 0 Å². The molecule has 0 aliphatic rings. The van der Waals surface area contributed by atoms with E-state index in [1.807, 2.05) is 30.3 Å². The van der Waals surface area contributed by atoms with E-state index in [1.165, 1.54) is 12.4 Å². The van der Waals surface area contributed by atoms with E-state index in [1.54, 1.807) is 0 Å². The van der Waals surface area contributed by atoms with Crippen LogP contribution in [-0.2, 0) is 0 Å². The third-order valence-electron chi connectivity index (χ3n) is 2.03. The average Bonchev–Trinajstić information content (AvgIpc) is 2.38. The number of nitrogens with two attached hydrogens (primary N) is 1. The third kappa shape index (κ3) is 3.34. The summed E-state index contributed by atoms with van der Waals surface area (Å²) in [6, 6.07) is 9.53. The summed E-state index contributed by atoms with van der Waals surface area (Å²) in [5.74, 6) is 1.43. The normalized spacial score (nSPS) is 9.88. The van der Waals surface area contributed by atoms with Crippen molar-refractivity contribution in [1.82, 2.24) is 9.97 Å². The van der Waals surface area contributed by atoms with Gasteiger partial charge in [0.25, 0.3) is 5.88 Å². The van der Waals surface area contributed by atoms with Crippen LogP contribution in [0.1, 0.15) is 0 Å². The van der Waals surface area contributed by atoms with Gasteiger partial charge in [0.2, 0.25) is 0 Å². The molecule has 0 amide bonds. The highest BCUT2D eigenvalue weighted by Crippen LogP contribution is 2.12. The van der Waals surface area contributed by atoms with E-state index < -0.39 is 0 Å². The Labute approximate surface area is 99.2 Å². The maximum atomic E-state index is 5.57. The molecule has 0 aliphatic carbocycles. The molecule has 0 spiro atoms. The molecule has 0 fully saturated rings. The van der Waals surface area contributed by atoms with Crippen molar-refractivity contribution in [2.75, 3.05) is 18.9 Å². The van der Waals surface area contributed by atoms with Gasteiger partial charge in [-0.15, -0.1) is 0 Å².